The molecule has 0 heterocycles. The van der Waals surface area contributed by atoms with E-state index in [2.05, 4.69) is 10.0 Å². The summed E-state index contributed by atoms with van der Waals surface area (Å²) < 4.78 is 37.4. The zero-order chi connectivity index (χ0) is 15.2. The van der Waals surface area contributed by atoms with Crippen LogP contribution in [0.1, 0.15) is 12.0 Å². The van der Waals surface area contributed by atoms with Gasteiger partial charge in [-0.25, -0.2) is 13.1 Å². The highest BCUT2D eigenvalue weighted by molar-refractivity contribution is 7.89. The second-order valence-corrected chi connectivity index (χ2v) is 6.06. The number of hydrogen-bond donors (Lipinski definition) is 2. The summed E-state index contributed by atoms with van der Waals surface area (Å²) in [5.41, 5.74) is 0.615. The molecule has 0 aromatic heterocycles. The summed E-state index contributed by atoms with van der Waals surface area (Å²) in [5.74, 6) is 0.910. The zero-order valence-corrected chi connectivity index (χ0v) is 13.1. The Balaban J connectivity index is 2.99. The predicted octanol–water partition coefficient (Wildman–Crippen LogP) is 0.900. The Morgan fingerprint density at radius 1 is 1.10 bits per heavy atom. The second kappa shape index (κ2) is 7.47. The highest BCUT2D eigenvalue weighted by Crippen LogP contribution is 2.32. The Morgan fingerprint density at radius 3 is 2.25 bits per heavy atom. The lowest BCUT2D eigenvalue weighted by molar-refractivity contribution is 0.353. The molecule has 0 aliphatic carbocycles. The van der Waals surface area contributed by atoms with E-state index in [-0.39, 0.29) is 4.90 Å². The third-order valence-corrected chi connectivity index (χ3v) is 4.47. The summed E-state index contributed by atoms with van der Waals surface area (Å²) in [6, 6.07) is 3.13. The topological polar surface area (TPSA) is 76.7 Å². The number of sulfonamides is 1. The minimum Gasteiger partial charge on any atom is -0.493 e. The molecule has 0 spiro atoms. The van der Waals surface area contributed by atoms with Crippen LogP contribution in [0.15, 0.2) is 17.0 Å². The Labute approximate surface area is 120 Å². The number of methoxy groups -OCH3 is 2. The van der Waals surface area contributed by atoms with Gasteiger partial charge in [0.05, 0.1) is 19.1 Å². The van der Waals surface area contributed by atoms with E-state index in [0.717, 1.165) is 13.0 Å². The molecule has 114 valence electrons. The lowest BCUT2D eigenvalue weighted by Crippen LogP contribution is -2.27. The van der Waals surface area contributed by atoms with Gasteiger partial charge in [0, 0.05) is 12.6 Å². The number of rotatable bonds is 8. The van der Waals surface area contributed by atoms with Gasteiger partial charge in [0.1, 0.15) is 0 Å². The molecule has 1 aromatic carbocycles. The van der Waals surface area contributed by atoms with E-state index in [0.29, 0.717) is 23.6 Å². The van der Waals surface area contributed by atoms with Crippen LogP contribution in [0.25, 0.3) is 0 Å². The molecule has 0 radical (unpaired) electrons. The van der Waals surface area contributed by atoms with Crippen molar-refractivity contribution in [3.8, 4) is 11.5 Å². The van der Waals surface area contributed by atoms with Gasteiger partial charge in [-0.2, -0.15) is 0 Å². The van der Waals surface area contributed by atoms with E-state index in [1.807, 2.05) is 7.05 Å². The molecule has 0 atom stereocenters. The fourth-order valence-corrected chi connectivity index (χ4v) is 3.11. The van der Waals surface area contributed by atoms with Gasteiger partial charge in [-0.3, -0.25) is 0 Å². The van der Waals surface area contributed by atoms with Crippen molar-refractivity contribution in [3.05, 3.63) is 17.7 Å². The van der Waals surface area contributed by atoms with Crippen LogP contribution >= 0.6 is 0 Å². The normalized spacial score (nSPS) is 11.4. The van der Waals surface area contributed by atoms with Gasteiger partial charge in [0.2, 0.25) is 10.0 Å². The monoisotopic (exact) mass is 302 g/mol. The van der Waals surface area contributed by atoms with Gasteiger partial charge >= 0.3 is 0 Å². The highest BCUT2D eigenvalue weighted by Gasteiger charge is 2.19. The van der Waals surface area contributed by atoms with Crippen molar-refractivity contribution < 1.29 is 17.9 Å². The highest BCUT2D eigenvalue weighted by atomic mass is 32.2. The van der Waals surface area contributed by atoms with Crippen LogP contribution in [0.3, 0.4) is 0 Å². The predicted molar refractivity (Wildman–Crippen MR) is 78.0 cm³/mol. The van der Waals surface area contributed by atoms with E-state index >= 15 is 0 Å². The summed E-state index contributed by atoms with van der Waals surface area (Å²) in [6.45, 7) is 2.87. The molecule has 0 fully saturated rings. The first kappa shape index (κ1) is 16.7. The number of nitrogens with one attached hydrogen (secondary N) is 2. The summed E-state index contributed by atoms with van der Waals surface area (Å²) in [4.78, 5) is 0.208. The van der Waals surface area contributed by atoms with E-state index in [1.54, 1.807) is 13.0 Å². The first-order valence-electron chi connectivity index (χ1n) is 6.33. The maximum atomic E-state index is 12.3. The third kappa shape index (κ3) is 4.09. The van der Waals surface area contributed by atoms with E-state index < -0.39 is 10.0 Å². The van der Waals surface area contributed by atoms with Gasteiger partial charge in [-0.05, 0) is 38.6 Å². The van der Waals surface area contributed by atoms with Crippen LogP contribution in [-0.4, -0.2) is 42.8 Å². The number of benzene rings is 1. The largest absolute Gasteiger partial charge is 0.493 e. The molecule has 2 N–H and O–H groups in total. The first-order chi connectivity index (χ1) is 9.46. The van der Waals surface area contributed by atoms with Crippen molar-refractivity contribution in [2.24, 2.45) is 0 Å². The number of aryl methyl sites for hydroxylation is 1. The summed E-state index contributed by atoms with van der Waals surface area (Å²) in [6.07, 6.45) is 0.724. The number of hydrogen-bond acceptors (Lipinski definition) is 5. The summed E-state index contributed by atoms with van der Waals surface area (Å²) in [5, 5.41) is 2.97. The van der Waals surface area contributed by atoms with Gasteiger partial charge < -0.3 is 14.8 Å². The van der Waals surface area contributed by atoms with E-state index in [4.69, 9.17) is 9.47 Å². The molecule has 0 aliphatic heterocycles. The summed E-state index contributed by atoms with van der Waals surface area (Å²) >= 11 is 0. The molecule has 1 aromatic rings. The average molecular weight is 302 g/mol. The van der Waals surface area contributed by atoms with Crippen LogP contribution in [0.2, 0.25) is 0 Å². The van der Waals surface area contributed by atoms with Gasteiger partial charge in [-0.15, -0.1) is 0 Å². The minimum absolute atomic E-state index is 0.208. The van der Waals surface area contributed by atoms with E-state index in [1.165, 1.54) is 20.3 Å². The van der Waals surface area contributed by atoms with Crippen molar-refractivity contribution in [2.75, 3.05) is 34.4 Å². The lowest BCUT2D eigenvalue weighted by atomic mass is 10.2. The minimum atomic E-state index is -3.54. The molecule has 0 unspecified atom stereocenters. The van der Waals surface area contributed by atoms with Crippen LogP contribution in [-0.2, 0) is 10.0 Å². The Morgan fingerprint density at radius 2 is 1.70 bits per heavy atom. The molecule has 0 aliphatic rings. The summed E-state index contributed by atoms with van der Waals surface area (Å²) in [7, 11) is 1.28. The Bertz CT molecular complexity index is 544. The third-order valence-electron chi connectivity index (χ3n) is 2.87. The fourth-order valence-electron chi connectivity index (χ4n) is 1.80. The zero-order valence-electron chi connectivity index (χ0n) is 12.3. The number of ether oxygens (including phenoxy) is 2. The van der Waals surface area contributed by atoms with Crippen LogP contribution < -0.4 is 19.5 Å². The van der Waals surface area contributed by atoms with Crippen molar-refractivity contribution in [3.63, 3.8) is 0 Å². The quantitative estimate of drug-likeness (QED) is 0.698. The van der Waals surface area contributed by atoms with Gasteiger partial charge in [0.25, 0.3) is 0 Å². The smallest absolute Gasteiger partial charge is 0.240 e. The van der Waals surface area contributed by atoms with Crippen LogP contribution in [0.4, 0.5) is 0 Å². The van der Waals surface area contributed by atoms with Crippen molar-refractivity contribution in [2.45, 2.75) is 18.2 Å². The molecular weight excluding hydrogens is 280 g/mol. The standard InChI is InChI=1S/C13H22N2O4S/c1-10-8-11(18-3)12(19-4)9-13(10)20(16,17)15-7-5-6-14-2/h8-9,14-15H,5-7H2,1-4H3. The molecule has 20 heavy (non-hydrogen) atoms. The molecule has 1 rings (SSSR count). The molecular formula is C13H22N2O4S. The van der Waals surface area contributed by atoms with Crippen molar-refractivity contribution in [1.82, 2.24) is 10.0 Å². The fraction of sp³-hybridized carbons (Fsp3) is 0.538. The van der Waals surface area contributed by atoms with Crippen LogP contribution in [0.5, 0.6) is 11.5 Å². The lowest BCUT2D eigenvalue weighted by Gasteiger charge is -2.13. The first-order valence-corrected chi connectivity index (χ1v) is 7.81. The maximum absolute atomic E-state index is 12.3. The van der Waals surface area contributed by atoms with Crippen LogP contribution in [0, 0.1) is 6.92 Å². The van der Waals surface area contributed by atoms with Crippen molar-refractivity contribution >= 4 is 10.0 Å². The molecule has 0 bridgehead atoms. The van der Waals surface area contributed by atoms with Crippen molar-refractivity contribution in [1.29, 1.82) is 0 Å². The molecule has 0 saturated carbocycles. The second-order valence-electron chi connectivity index (χ2n) is 4.33. The Hall–Kier alpha value is -1.31. The molecule has 6 nitrogen and oxygen atoms in total. The molecule has 0 amide bonds. The molecule has 0 saturated heterocycles. The van der Waals surface area contributed by atoms with E-state index in [9.17, 15) is 8.42 Å². The molecule has 7 heteroatoms. The maximum Gasteiger partial charge on any atom is 0.240 e. The SMILES string of the molecule is CNCCCNS(=O)(=O)c1cc(OC)c(OC)cc1C. The van der Waals surface area contributed by atoms with Gasteiger partial charge in [-0.1, -0.05) is 0 Å². The Kier molecular flexibility index (Phi) is 6.25. The van der Waals surface area contributed by atoms with Gasteiger partial charge in [0.15, 0.2) is 11.5 Å². The average Bonchev–Trinajstić information content (AvgIpc) is 2.43.